The summed E-state index contributed by atoms with van der Waals surface area (Å²) in [5.41, 5.74) is 0. The van der Waals surface area contributed by atoms with Gasteiger partial charge >= 0.3 is 0 Å². The predicted octanol–water partition coefficient (Wildman–Crippen LogP) is 3.65. The van der Waals surface area contributed by atoms with Gasteiger partial charge in [0.15, 0.2) is 0 Å². The Hall–Kier alpha value is -0.170. The molecule has 0 saturated heterocycles. The highest BCUT2D eigenvalue weighted by Crippen LogP contribution is 2.32. The first kappa shape index (κ1) is 13.3. The summed E-state index contributed by atoms with van der Waals surface area (Å²) in [5, 5.41) is 7.60. The molecule has 2 aromatic heterocycles. The summed E-state index contributed by atoms with van der Waals surface area (Å²) in [6.07, 6.45) is 4.90. The molecule has 17 heavy (non-hydrogen) atoms. The van der Waals surface area contributed by atoms with Crippen LogP contribution in [0.2, 0.25) is 0 Å². The third-order valence-electron chi connectivity index (χ3n) is 2.30. The molecule has 0 saturated carbocycles. The first-order chi connectivity index (χ1) is 8.25. The van der Waals surface area contributed by atoms with Crippen molar-refractivity contribution in [2.45, 2.75) is 19.5 Å². The Morgan fingerprint density at radius 2 is 2.29 bits per heavy atom. The maximum Gasteiger partial charge on any atom is 0.0843 e. The van der Waals surface area contributed by atoms with Crippen molar-refractivity contribution in [2.24, 2.45) is 0 Å². The minimum absolute atomic E-state index is 0.925. The summed E-state index contributed by atoms with van der Waals surface area (Å²) in [6.45, 7) is 2.90. The molecule has 2 rings (SSSR count). The number of rotatable bonds is 6. The van der Waals surface area contributed by atoms with Gasteiger partial charge in [0, 0.05) is 34.8 Å². The lowest BCUT2D eigenvalue weighted by Crippen LogP contribution is -2.15. The zero-order valence-electron chi connectivity index (χ0n) is 9.20. The lowest BCUT2D eigenvalue weighted by atomic mass is 10.4. The van der Waals surface area contributed by atoms with E-state index >= 15 is 0 Å². The molecule has 0 spiro atoms. The van der Waals surface area contributed by atoms with Gasteiger partial charge < -0.3 is 5.32 Å². The molecule has 1 N–H and O–H groups in total. The van der Waals surface area contributed by atoms with Crippen LogP contribution in [-0.4, -0.2) is 16.3 Å². The summed E-state index contributed by atoms with van der Waals surface area (Å²) >= 11 is 8.75. The van der Waals surface area contributed by atoms with E-state index in [4.69, 9.17) is 0 Å². The van der Waals surface area contributed by atoms with Crippen LogP contribution in [0.15, 0.2) is 32.8 Å². The van der Waals surface area contributed by atoms with Gasteiger partial charge in [-0.3, -0.25) is 4.68 Å². The number of nitrogens with one attached hydrogen (secondary N) is 1. The fraction of sp³-hybridized carbons (Fsp3) is 0.364. The summed E-state index contributed by atoms with van der Waals surface area (Å²) in [4.78, 5) is 1.34. The molecule has 2 aromatic rings. The third-order valence-corrected chi connectivity index (χ3v) is 5.55. The molecule has 0 aromatic carbocycles. The van der Waals surface area contributed by atoms with Crippen LogP contribution < -0.4 is 5.32 Å². The van der Waals surface area contributed by atoms with Gasteiger partial charge in [0.25, 0.3) is 0 Å². The number of aromatic nitrogens is 2. The number of hydrogen-bond acceptors (Lipinski definition) is 3. The highest BCUT2D eigenvalue weighted by atomic mass is 79.9. The van der Waals surface area contributed by atoms with Crippen LogP contribution in [0.3, 0.4) is 0 Å². The largest absolute Gasteiger partial charge is 0.312 e. The van der Waals surface area contributed by atoms with Crippen molar-refractivity contribution in [3.8, 4) is 0 Å². The lowest BCUT2D eigenvalue weighted by Gasteiger charge is -2.03. The van der Waals surface area contributed by atoms with E-state index in [9.17, 15) is 0 Å². The van der Waals surface area contributed by atoms with Crippen molar-refractivity contribution in [1.29, 1.82) is 0 Å². The third kappa shape index (κ3) is 4.21. The Kier molecular flexibility index (Phi) is 5.21. The van der Waals surface area contributed by atoms with E-state index in [1.807, 2.05) is 23.1 Å². The maximum absolute atomic E-state index is 4.17. The molecule has 0 atom stereocenters. The highest BCUT2D eigenvalue weighted by molar-refractivity contribution is 9.13. The molecule has 0 fully saturated rings. The molecule has 0 aliphatic carbocycles. The number of aryl methyl sites for hydroxylation is 1. The topological polar surface area (TPSA) is 29.9 Å². The van der Waals surface area contributed by atoms with Crippen molar-refractivity contribution < 1.29 is 0 Å². The molecule has 2 heterocycles. The number of thiophene rings is 1. The molecule has 0 unspecified atom stereocenters. The van der Waals surface area contributed by atoms with Gasteiger partial charge in [-0.15, -0.1) is 11.3 Å². The van der Waals surface area contributed by atoms with Crippen molar-refractivity contribution >= 4 is 43.2 Å². The summed E-state index contributed by atoms with van der Waals surface area (Å²) in [6, 6.07) is 4.10. The van der Waals surface area contributed by atoms with Crippen molar-refractivity contribution in [3.63, 3.8) is 0 Å². The maximum atomic E-state index is 4.17. The van der Waals surface area contributed by atoms with E-state index in [1.165, 1.54) is 4.88 Å². The number of halogens is 2. The van der Waals surface area contributed by atoms with E-state index in [1.54, 1.807) is 11.3 Å². The molecule has 3 nitrogen and oxygen atoms in total. The summed E-state index contributed by atoms with van der Waals surface area (Å²) in [5.74, 6) is 0. The van der Waals surface area contributed by atoms with Gasteiger partial charge in [0.05, 0.1) is 3.79 Å². The fourth-order valence-electron chi connectivity index (χ4n) is 1.49. The smallest absolute Gasteiger partial charge is 0.0843 e. The number of hydrogen-bond donors (Lipinski definition) is 1. The first-order valence-corrected chi connectivity index (χ1v) is 7.78. The molecule has 6 heteroatoms. The zero-order chi connectivity index (χ0) is 12.1. The Morgan fingerprint density at radius 3 is 2.94 bits per heavy atom. The summed E-state index contributed by atoms with van der Waals surface area (Å²) in [7, 11) is 0. The van der Waals surface area contributed by atoms with E-state index in [0.717, 1.165) is 34.3 Å². The van der Waals surface area contributed by atoms with Gasteiger partial charge in [0.1, 0.15) is 0 Å². The Balaban J connectivity index is 1.63. The van der Waals surface area contributed by atoms with Crippen molar-refractivity contribution in [2.75, 3.05) is 6.54 Å². The molecule has 0 amide bonds. The first-order valence-electron chi connectivity index (χ1n) is 5.37. The lowest BCUT2D eigenvalue weighted by molar-refractivity contribution is 0.544. The van der Waals surface area contributed by atoms with E-state index in [0.29, 0.717) is 0 Å². The second kappa shape index (κ2) is 6.68. The van der Waals surface area contributed by atoms with Gasteiger partial charge in [-0.1, -0.05) is 0 Å². The SMILES string of the molecule is Brc1cc(CNCCCn2cccn2)sc1Br. The molecule has 0 aliphatic rings. The Labute approximate surface area is 121 Å². The zero-order valence-corrected chi connectivity index (χ0v) is 13.2. The Morgan fingerprint density at radius 1 is 1.41 bits per heavy atom. The van der Waals surface area contributed by atoms with E-state index in [2.05, 4.69) is 48.3 Å². The molecule has 0 radical (unpaired) electrons. The monoisotopic (exact) mass is 377 g/mol. The van der Waals surface area contributed by atoms with Gasteiger partial charge in [0.2, 0.25) is 0 Å². The second-order valence-corrected chi connectivity index (χ2v) is 6.94. The van der Waals surface area contributed by atoms with Crippen LogP contribution in [0, 0.1) is 0 Å². The minimum atomic E-state index is 0.925. The Bertz CT molecular complexity index is 434. The van der Waals surface area contributed by atoms with Gasteiger partial charge in [-0.25, -0.2) is 0 Å². The van der Waals surface area contributed by atoms with Crippen LogP contribution in [0.4, 0.5) is 0 Å². The van der Waals surface area contributed by atoms with Crippen LogP contribution >= 0.6 is 43.2 Å². The predicted molar refractivity (Wildman–Crippen MR) is 78.3 cm³/mol. The average molecular weight is 379 g/mol. The molecular weight excluding hydrogens is 366 g/mol. The highest BCUT2D eigenvalue weighted by Gasteiger charge is 2.03. The van der Waals surface area contributed by atoms with Crippen molar-refractivity contribution in [3.05, 3.63) is 37.7 Å². The second-order valence-electron chi connectivity index (χ2n) is 3.63. The van der Waals surface area contributed by atoms with Crippen molar-refractivity contribution in [1.82, 2.24) is 15.1 Å². The van der Waals surface area contributed by atoms with E-state index in [-0.39, 0.29) is 0 Å². The number of nitrogens with zero attached hydrogens (tertiary/aromatic N) is 2. The van der Waals surface area contributed by atoms with Crippen LogP contribution in [-0.2, 0) is 13.1 Å². The molecular formula is C11H13Br2N3S. The van der Waals surface area contributed by atoms with Crippen LogP contribution in [0.25, 0.3) is 0 Å². The standard InChI is InChI=1S/C11H13Br2N3S/c12-10-7-9(17-11(10)13)8-14-3-1-5-16-6-2-4-15-16/h2,4,6-7,14H,1,3,5,8H2. The minimum Gasteiger partial charge on any atom is -0.312 e. The summed E-state index contributed by atoms with van der Waals surface area (Å²) < 4.78 is 4.25. The quantitative estimate of drug-likeness (QED) is 0.777. The normalized spacial score (nSPS) is 10.9. The van der Waals surface area contributed by atoms with Crippen LogP contribution in [0.5, 0.6) is 0 Å². The average Bonchev–Trinajstić information content (AvgIpc) is 2.90. The van der Waals surface area contributed by atoms with Gasteiger partial charge in [-0.05, 0) is 57.0 Å². The molecule has 92 valence electrons. The molecule has 0 bridgehead atoms. The van der Waals surface area contributed by atoms with Gasteiger partial charge in [-0.2, -0.15) is 5.10 Å². The van der Waals surface area contributed by atoms with Crippen LogP contribution in [0.1, 0.15) is 11.3 Å². The fourth-order valence-corrected chi connectivity index (χ4v) is 3.64. The molecule has 0 aliphatic heterocycles. The van der Waals surface area contributed by atoms with E-state index < -0.39 is 0 Å².